The number of carbonyl (C=O) groups excluding carboxylic acids is 4. The van der Waals surface area contributed by atoms with E-state index in [2.05, 4.69) is 10.6 Å². The van der Waals surface area contributed by atoms with Gasteiger partial charge in [-0.05, 0) is 56.2 Å². The lowest BCUT2D eigenvalue weighted by atomic mass is 9.89. The van der Waals surface area contributed by atoms with Gasteiger partial charge in [-0.2, -0.15) is 0 Å². The third-order valence-corrected chi connectivity index (χ3v) is 12.2. The molecule has 4 amide bonds. The molecule has 0 unspecified atom stereocenters. The normalized spacial score (nSPS) is 18.2. The average molecular weight is 877 g/mol. The Morgan fingerprint density at radius 1 is 0.887 bits per heavy atom. The second-order valence-corrected chi connectivity index (χ2v) is 17.4. The fourth-order valence-corrected chi connectivity index (χ4v) is 8.50. The molecule has 1 heterocycles. The van der Waals surface area contributed by atoms with Gasteiger partial charge in [0, 0.05) is 47.4 Å². The highest BCUT2D eigenvalue weighted by Gasteiger charge is 2.43. The zero-order valence-electron chi connectivity index (χ0n) is 39.5. The number of methoxy groups -OCH3 is 2. The van der Waals surface area contributed by atoms with Gasteiger partial charge in [0.05, 0.1) is 62.5 Å². The van der Waals surface area contributed by atoms with Crippen LogP contribution in [0.1, 0.15) is 86.1 Å². The molecule has 354 valence electrons. The molecule has 1 aromatic rings. The summed E-state index contributed by atoms with van der Waals surface area (Å²) in [6, 6.07) is 5.65. The van der Waals surface area contributed by atoms with Crippen LogP contribution in [0.3, 0.4) is 0 Å². The topological polar surface area (TPSA) is 202 Å². The molecule has 0 spiro atoms. The van der Waals surface area contributed by atoms with Crippen LogP contribution in [0.25, 0.3) is 0 Å². The number of likely N-dealkylation sites (tertiary alicyclic amines) is 1. The Kier molecular flexibility index (Phi) is 24.8. The van der Waals surface area contributed by atoms with E-state index in [-0.39, 0.29) is 48.3 Å². The molecule has 5 N–H and O–H groups in total. The van der Waals surface area contributed by atoms with Crippen LogP contribution in [0, 0.1) is 23.7 Å². The van der Waals surface area contributed by atoms with Crippen molar-refractivity contribution in [1.29, 1.82) is 0 Å². The maximum Gasteiger partial charge on any atom is 0.326 e. The van der Waals surface area contributed by atoms with Crippen molar-refractivity contribution in [2.75, 3.05) is 74.4 Å². The first-order valence-electron chi connectivity index (χ1n) is 22.5. The van der Waals surface area contributed by atoms with Crippen molar-refractivity contribution in [2.24, 2.45) is 29.4 Å². The van der Waals surface area contributed by atoms with E-state index in [9.17, 15) is 29.1 Å². The molecule has 9 atom stereocenters. The van der Waals surface area contributed by atoms with Gasteiger partial charge in [-0.15, -0.1) is 0 Å². The van der Waals surface area contributed by atoms with Crippen molar-refractivity contribution in [2.45, 2.75) is 129 Å². The van der Waals surface area contributed by atoms with Crippen LogP contribution in [-0.4, -0.2) is 166 Å². The first-order chi connectivity index (χ1) is 29.4. The Morgan fingerprint density at radius 2 is 1.53 bits per heavy atom. The van der Waals surface area contributed by atoms with Crippen molar-refractivity contribution in [3.63, 3.8) is 0 Å². The summed E-state index contributed by atoms with van der Waals surface area (Å²) >= 11 is 0. The van der Waals surface area contributed by atoms with E-state index in [1.165, 1.54) is 14.2 Å². The Hall–Kier alpha value is -3.67. The zero-order chi connectivity index (χ0) is 46.5. The Morgan fingerprint density at radius 3 is 2.08 bits per heavy atom. The minimum Gasteiger partial charge on any atom is -0.480 e. The lowest BCUT2D eigenvalue weighted by molar-refractivity contribution is -0.148. The summed E-state index contributed by atoms with van der Waals surface area (Å²) in [6.45, 7) is 16.9. The minimum absolute atomic E-state index is 0.0321. The summed E-state index contributed by atoms with van der Waals surface area (Å²) in [4.78, 5) is 73.8. The predicted molar refractivity (Wildman–Crippen MR) is 239 cm³/mol. The number of aliphatic carboxylic acids is 1. The van der Waals surface area contributed by atoms with E-state index in [0.717, 1.165) is 12.0 Å². The van der Waals surface area contributed by atoms with Gasteiger partial charge in [0.1, 0.15) is 12.1 Å². The first kappa shape index (κ1) is 54.5. The summed E-state index contributed by atoms with van der Waals surface area (Å²) in [5, 5.41) is 15.7. The molecule has 0 aliphatic carbocycles. The van der Waals surface area contributed by atoms with Gasteiger partial charge in [-0.3, -0.25) is 24.1 Å². The second kappa shape index (κ2) is 28.2. The number of carbonyl (C=O) groups is 5. The monoisotopic (exact) mass is 877 g/mol. The van der Waals surface area contributed by atoms with Crippen LogP contribution in [0.5, 0.6) is 0 Å². The number of nitrogens with two attached hydrogens (primary N) is 1. The van der Waals surface area contributed by atoms with Crippen LogP contribution >= 0.6 is 0 Å². The number of hydrogen-bond acceptors (Lipinski definition) is 11. The standard InChI is InChI=1S/C46H80N6O10/c1-12-32(6)41(51(9)45(56)39(30(2)3)49-44(55)40(31(4)5)50(8)23-25-62-27-26-61-24-17-21-47)37(59-10)29-38(53)52-22-16-20-36(52)42(60-11)33(7)43(54)48-35(46(57)58)28-34-18-14-13-15-19-34/h13-15,18-19,30-33,35-37,39-42H,12,16-17,20-29,47H2,1-11H3,(H,48,54)(H,49,55)(H,57,58)/t32-,33+,35-,36-,37+,39-,40-,41-,42+/m0/s1. The van der Waals surface area contributed by atoms with Crippen LogP contribution in [0.15, 0.2) is 30.3 Å². The van der Waals surface area contributed by atoms with Crippen molar-refractivity contribution >= 4 is 29.6 Å². The van der Waals surface area contributed by atoms with Crippen molar-refractivity contribution in [3.05, 3.63) is 35.9 Å². The molecular weight excluding hydrogens is 797 g/mol. The molecule has 0 radical (unpaired) electrons. The van der Waals surface area contributed by atoms with E-state index < -0.39 is 60.2 Å². The van der Waals surface area contributed by atoms with Crippen molar-refractivity contribution in [3.8, 4) is 0 Å². The van der Waals surface area contributed by atoms with Crippen molar-refractivity contribution in [1.82, 2.24) is 25.3 Å². The molecule has 2 rings (SSSR count). The van der Waals surface area contributed by atoms with Crippen LogP contribution < -0.4 is 16.4 Å². The van der Waals surface area contributed by atoms with Crippen LogP contribution in [-0.2, 0) is 49.3 Å². The number of amides is 4. The first-order valence-corrected chi connectivity index (χ1v) is 22.5. The SMILES string of the molecule is CC[C@H](C)[C@@H]([C@@H](CC(=O)N1CCC[C@H]1[C@H](OC)[C@@H](C)C(=O)N[C@@H](Cc1ccccc1)C(=O)O)OC)N(C)C(=O)[C@@H](NC(=O)[C@H](C(C)C)N(C)CCOCCOCCCN)C(C)C. The summed E-state index contributed by atoms with van der Waals surface area (Å²) in [6.07, 6.45) is 1.49. The molecule has 0 saturated carbocycles. The highest BCUT2D eigenvalue weighted by Crippen LogP contribution is 2.30. The number of carboxylic acid groups (broad SMARTS) is 1. The van der Waals surface area contributed by atoms with Crippen LogP contribution in [0.2, 0.25) is 0 Å². The van der Waals surface area contributed by atoms with E-state index in [1.54, 1.807) is 23.8 Å². The molecule has 0 aromatic heterocycles. The van der Waals surface area contributed by atoms with E-state index in [0.29, 0.717) is 65.3 Å². The van der Waals surface area contributed by atoms with Gasteiger partial charge < -0.3 is 50.2 Å². The average Bonchev–Trinajstić information content (AvgIpc) is 3.72. The Bertz CT molecular complexity index is 1500. The number of nitrogens with zero attached hydrogens (tertiary/aromatic N) is 3. The lowest BCUT2D eigenvalue weighted by Crippen LogP contribution is -2.60. The van der Waals surface area contributed by atoms with Crippen molar-refractivity contribution < 1.29 is 48.0 Å². The largest absolute Gasteiger partial charge is 0.480 e. The molecule has 1 aliphatic heterocycles. The van der Waals surface area contributed by atoms with Gasteiger partial charge >= 0.3 is 5.97 Å². The number of rotatable bonds is 30. The summed E-state index contributed by atoms with van der Waals surface area (Å²) in [5.41, 5.74) is 6.29. The number of nitrogens with one attached hydrogen (secondary N) is 2. The zero-order valence-corrected chi connectivity index (χ0v) is 39.5. The molecule has 1 fully saturated rings. The van der Waals surface area contributed by atoms with E-state index >= 15 is 0 Å². The number of ether oxygens (including phenoxy) is 4. The van der Waals surface area contributed by atoms with Gasteiger partial charge in [0.2, 0.25) is 23.6 Å². The maximum absolute atomic E-state index is 14.5. The predicted octanol–water partition coefficient (Wildman–Crippen LogP) is 3.20. The molecule has 0 bridgehead atoms. The number of hydrogen-bond donors (Lipinski definition) is 4. The highest BCUT2D eigenvalue weighted by atomic mass is 16.5. The second-order valence-electron chi connectivity index (χ2n) is 17.4. The third kappa shape index (κ3) is 16.5. The number of benzene rings is 1. The fraction of sp³-hybridized carbons (Fsp3) is 0.761. The molecule has 1 saturated heterocycles. The van der Waals surface area contributed by atoms with Gasteiger partial charge in [0.15, 0.2) is 0 Å². The van der Waals surface area contributed by atoms with Gasteiger partial charge in [-0.1, -0.05) is 85.2 Å². The summed E-state index contributed by atoms with van der Waals surface area (Å²) in [5.74, 6) is -3.49. The molecule has 1 aliphatic rings. The highest BCUT2D eigenvalue weighted by molar-refractivity contribution is 5.90. The molecular formula is C46H80N6O10. The smallest absolute Gasteiger partial charge is 0.326 e. The quantitative estimate of drug-likeness (QED) is 0.0825. The minimum atomic E-state index is -1.14. The van der Waals surface area contributed by atoms with Crippen LogP contribution in [0.4, 0.5) is 0 Å². The summed E-state index contributed by atoms with van der Waals surface area (Å²) in [7, 11) is 6.62. The maximum atomic E-state index is 14.5. The van der Waals surface area contributed by atoms with E-state index in [4.69, 9.17) is 24.7 Å². The lowest BCUT2D eigenvalue weighted by Gasteiger charge is -2.41. The number of carboxylic acids is 1. The molecule has 62 heavy (non-hydrogen) atoms. The fourth-order valence-electron chi connectivity index (χ4n) is 8.50. The summed E-state index contributed by atoms with van der Waals surface area (Å²) < 4.78 is 23.2. The van der Waals surface area contributed by atoms with E-state index in [1.807, 2.05) is 83.8 Å². The molecule has 16 nitrogen and oxygen atoms in total. The molecule has 1 aromatic carbocycles. The third-order valence-electron chi connectivity index (χ3n) is 12.2. The van der Waals surface area contributed by atoms with Gasteiger partial charge in [0.25, 0.3) is 0 Å². The Labute approximate surface area is 371 Å². The molecule has 16 heteroatoms. The van der Waals surface area contributed by atoms with Gasteiger partial charge in [-0.25, -0.2) is 4.79 Å². The number of likely N-dealkylation sites (N-methyl/N-ethyl adjacent to an activating group) is 2. The Balaban J connectivity index is 2.20.